The maximum Gasteiger partial charge on any atom is 0.303 e. The number of ketones is 1. The molecule has 0 fully saturated rings. The standard InChI is InChI=1S/C20H38O3/c1-3-4-5-12-15-19(18(2)21)16-13-10-8-6-7-9-11-14-17-20(22)23/h19H,3-17H2,1-2H3,(H,22,23). The number of carboxylic acids is 1. The summed E-state index contributed by atoms with van der Waals surface area (Å²) >= 11 is 0. The number of carbonyl (C=O) groups excluding carboxylic acids is 1. The predicted molar refractivity (Wildman–Crippen MR) is 96.7 cm³/mol. The predicted octanol–water partition coefficient (Wildman–Crippen LogP) is 6.15. The Labute approximate surface area is 143 Å². The van der Waals surface area contributed by atoms with Crippen molar-refractivity contribution in [1.29, 1.82) is 0 Å². The number of Topliss-reactive ketones (excluding diaryl/α,β-unsaturated/α-hetero) is 1. The van der Waals surface area contributed by atoms with E-state index in [0.717, 1.165) is 32.1 Å². The van der Waals surface area contributed by atoms with Crippen LogP contribution in [0.25, 0.3) is 0 Å². The molecule has 0 aromatic carbocycles. The number of carboxylic acid groups (broad SMARTS) is 1. The van der Waals surface area contributed by atoms with Gasteiger partial charge in [-0.3, -0.25) is 9.59 Å². The van der Waals surface area contributed by atoms with Crippen molar-refractivity contribution < 1.29 is 14.7 Å². The van der Waals surface area contributed by atoms with Gasteiger partial charge in [-0.05, 0) is 26.2 Å². The molecule has 0 radical (unpaired) electrons. The van der Waals surface area contributed by atoms with Crippen LogP contribution in [0.2, 0.25) is 0 Å². The molecule has 0 saturated carbocycles. The van der Waals surface area contributed by atoms with E-state index >= 15 is 0 Å². The fourth-order valence-corrected chi connectivity index (χ4v) is 3.10. The fourth-order valence-electron chi connectivity index (χ4n) is 3.10. The van der Waals surface area contributed by atoms with Crippen molar-refractivity contribution >= 4 is 11.8 Å². The maximum atomic E-state index is 11.7. The molecule has 0 aliphatic rings. The maximum absolute atomic E-state index is 11.7. The van der Waals surface area contributed by atoms with E-state index in [2.05, 4.69) is 6.92 Å². The minimum absolute atomic E-state index is 0.294. The first-order chi connectivity index (χ1) is 11.1. The number of carbonyl (C=O) groups is 2. The monoisotopic (exact) mass is 326 g/mol. The van der Waals surface area contributed by atoms with E-state index in [4.69, 9.17) is 5.11 Å². The zero-order valence-electron chi connectivity index (χ0n) is 15.4. The van der Waals surface area contributed by atoms with Crippen LogP contribution in [0.5, 0.6) is 0 Å². The molecule has 0 amide bonds. The van der Waals surface area contributed by atoms with Crippen molar-refractivity contribution in [2.75, 3.05) is 0 Å². The Bertz CT molecular complexity index is 299. The first kappa shape index (κ1) is 22.1. The van der Waals surface area contributed by atoms with Gasteiger partial charge in [0.2, 0.25) is 0 Å². The molecule has 3 nitrogen and oxygen atoms in total. The van der Waals surface area contributed by atoms with Gasteiger partial charge in [0.1, 0.15) is 5.78 Å². The van der Waals surface area contributed by atoms with Gasteiger partial charge in [0.25, 0.3) is 0 Å². The minimum Gasteiger partial charge on any atom is -0.481 e. The Hall–Kier alpha value is -0.860. The second-order valence-corrected chi connectivity index (χ2v) is 6.92. The molecule has 0 heterocycles. The zero-order chi connectivity index (χ0) is 17.3. The molecule has 136 valence electrons. The van der Waals surface area contributed by atoms with Crippen molar-refractivity contribution in [3.05, 3.63) is 0 Å². The van der Waals surface area contributed by atoms with Crippen LogP contribution in [0.15, 0.2) is 0 Å². The largest absolute Gasteiger partial charge is 0.481 e. The Balaban J connectivity index is 3.45. The summed E-state index contributed by atoms with van der Waals surface area (Å²) in [5.41, 5.74) is 0. The van der Waals surface area contributed by atoms with Gasteiger partial charge in [-0.15, -0.1) is 0 Å². The Morgan fingerprint density at radius 3 is 1.61 bits per heavy atom. The summed E-state index contributed by atoms with van der Waals surface area (Å²) < 4.78 is 0. The first-order valence-corrected chi connectivity index (χ1v) is 9.80. The van der Waals surface area contributed by atoms with Gasteiger partial charge in [0.15, 0.2) is 0 Å². The molecule has 1 unspecified atom stereocenters. The van der Waals surface area contributed by atoms with Crippen LogP contribution in [0.3, 0.4) is 0 Å². The Kier molecular flexibility index (Phi) is 15.4. The average molecular weight is 327 g/mol. The Morgan fingerprint density at radius 1 is 0.739 bits per heavy atom. The molecule has 0 saturated heterocycles. The molecule has 3 heteroatoms. The van der Waals surface area contributed by atoms with Crippen LogP contribution in [-0.4, -0.2) is 16.9 Å². The summed E-state index contributed by atoms with van der Waals surface area (Å²) in [5, 5.41) is 8.55. The highest BCUT2D eigenvalue weighted by Crippen LogP contribution is 2.19. The van der Waals surface area contributed by atoms with E-state index in [-0.39, 0.29) is 0 Å². The third-order valence-electron chi connectivity index (χ3n) is 4.67. The molecule has 0 aromatic rings. The zero-order valence-corrected chi connectivity index (χ0v) is 15.4. The molecule has 23 heavy (non-hydrogen) atoms. The fraction of sp³-hybridized carbons (Fsp3) is 0.900. The quantitative estimate of drug-likeness (QED) is 0.326. The molecule has 0 aliphatic heterocycles. The van der Waals surface area contributed by atoms with Crippen LogP contribution in [0.1, 0.15) is 110 Å². The van der Waals surface area contributed by atoms with E-state index in [0.29, 0.717) is 18.1 Å². The lowest BCUT2D eigenvalue weighted by molar-refractivity contribution is -0.137. The summed E-state index contributed by atoms with van der Waals surface area (Å²) in [7, 11) is 0. The molecule has 0 bridgehead atoms. The third-order valence-corrected chi connectivity index (χ3v) is 4.67. The lowest BCUT2D eigenvalue weighted by atomic mass is 9.91. The van der Waals surface area contributed by atoms with Crippen molar-refractivity contribution in [3.8, 4) is 0 Å². The van der Waals surface area contributed by atoms with Gasteiger partial charge >= 0.3 is 5.97 Å². The van der Waals surface area contributed by atoms with Crippen molar-refractivity contribution in [1.82, 2.24) is 0 Å². The highest BCUT2D eigenvalue weighted by atomic mass is 16.4. The van der Waals surface area contributed by atoms with E-state index in [1.807, 2.05) is 0 Å². The highest BCUT2D eigenvalue weighted by Gasteiger charge is 2.13. The second-order valence-electron chi connectivity index (χ2n) is 6.92. The van der Waals surface area contributed by atoms with Crippen molar-refractivity contribution in [3.63, 3.8) is 0 Å². The molecule has 1 atom stereocenters. The van der Waals surface area contributed by atoms with Gasteiger partial charge in [0.05, 0.1) is 0 Å². The second kappa shape index (κ2) is 16.0. The number of aliphatic carboxylic acids is 1. The third kappa shape index (κ3) is 15.8. The molecule has 1 N–H and O–H groups in total. The molecular formula is C20H38O3. The smallest absolute Gasteiger partial charge is 0.303 e. The van der Waals surface area contributed by atoms with E-state index in [1.54, 1.807) is 6.92 Å². The van der Waals surface area contributed by atoms with Crippen molar-refractivity contribution in [2.45, 2.75) is 110 Å². The molecular weight excluding hydrogens is 288 g/mol. The van der Waals surface area contributed by atoms with Gasteiger partial charge in [-0.25, -0.2) is 0 Å². The molecule has 0 spiro atoms. The summed E-state index contributed by atoms with van der Waals surface area (Å²) in [6, 6.07) is 0. The lowest BCUT2D eigenvalue weighted by Crippen LogP contribution is -2.10. The summed E-state index contributed by atoms with van der Waals surface area (Å²) in [5.74, 6) is -0.0116. The summed E-state index contributed by atoms with van der Waals surface area (Å²) in [6.07, 6.45) is 16.6. The van der Waals surface area contributed by atoms with Crippen LogP contribution in [0, 0.1) is 5.92 Å². The number of hydrogen-bond acceptors (Lipinski definition) is 2. The van der Waals surface area contributed by atoms with Gasteiger partial charge in [0, 0.05) is 12.3 Å². The first-order valence-electron chi connectivity index (χ1n) is 9.80. The van der Waals surface area contributed by atoms with Crippen LogP contribution < -0.4 is 0 Å². The van der Waals surface area contributed by atoms with E-state index < -0.39 is 5.97 Å². The van der Waals surface area contributed by atoms with Crippen molar-refractivity contribution in [2.24, 2.45) is 5.92 Å². The lowest BCUT2D eigenvalue weighted by Gasteiger charge is -2.13. The van der Waals surface area contributed by atoms with Gasteiger partial charge in [-0.1, -0.05) is 77.6 Å². The summed E-state index contributed by atoms with van der Waals surface area (Å²) in [6.45, 7) is 3.97. The molecule has 0 aliphatic carbocycles. The number of hydrogen-bond donors (Lipinski definition) is 1. The van der Waals surface area contributed by atoms with E-state index in [1.165, 1.54) is 57.8 Å². The van der Waals surface area contributed by atoms with E-state index in [9.17, 15) is 9.59 Å². The van der Waals surface area contributed by atoms with Gasteiger partial charge in [-0.2, -0.15) is 0 Å². The number of rotatable bonds is 17. The van der Waals surface area contributed by atoms with Gasteiger partial charge < -0.3 is 5.11 Å². The Morgan fingerprint density at radius 2 is 1.17 bits per heavy atom. The normalized spacial score (nSPS) is 12.3. The van der Waals surface area contributed by atoms with Crippen LogP contribution in [0.4, 0.5) is 0 Å². The minimum atomic E-state index is -0.681. The highest BCUT2D eigenvalue weighted by molar-refractivity contribution is 5.78. The summed E-state index contributed by atoms with van der Waals surface area (Å²) in [4.78, 5) is 22.1. The molecule has 0 aromatic heterocycles. The SMILES string of the molecule is CCCCCCC(CCCCCCCCCCC(=O)O)C(C)=O. The van der Waals surface area contributed by atoms with Crippen LogP contribution >= 0.6 is 0 Å². The topological polar surface area (TPSA) is 54.4 Å². The van der Waals surface area contributed by atoms with Crippen LogP contribution in [-0.2, 0) is 9.59 Å². The number of unbranched alkanes of at least 4 members (excludes halogenated alkanes) is 10. The molecule has 0 rings (SSSR count). The average Bonchev–Trinajstić information content (AvgIpc) is 2.50.